The molecule has 5 nitrogen and oxygen atoms in total. The molecule has 3 N–H and O–H groups in total. The van der Waals surface area contributed by atoms with E-state index in [4.69, 9.17) is 14.6 Å². The molecule has 1 fully saturated rings. The highest BCUT2D eigenvalue weighted by Crippen LogP contribution is 2.30. The highest BCUT2D eigenvalue weighted by atomic mass is 16.7. The Morgan fingerprint density at radius 2 is 2.17 bits per heavy atom. The molecular formula is C7H14O5. The lowest BCUT2D eigenvalue weighted by Crippen LogP contribution is -2.46. The van der Waals surface area contributed by atoms with Crippen molar-refractivity contribution in [1.82, 2.24) is 0 Å². The summed E-state index contributed by atoms with van der Waals surface area (Å²) in [6.45, 7) is 1.07. The standard InChI is InChI=1S/C7H14O5/c1-7(10)5(9)4(3-8)12-6(7)11-2/h4-6,8-10H,3H2,1-2H3/t4-,5+,6+,7?/m1/s1. The van der Waals surface area contributed by atoms with E-state index in [0.29, 0.717) is 0 Å². The average molecular weight is 178 g/mol. The summed E-state index contributed by atoms with van der Waals surface area (Å²) in [4.78, 5) is 0. The van der Waals surface area contributed by atoms with Gasteiger partial charge < -0.3 is 24.8 Å². The summed E-state index contributed by atoms with van der Waals surface area (Å²) in [6, 6.07) is 0. The van der Waals surface area contributed by atoms with E-state index in [-0.39, 0.29) is 6.61 Å². The Balaban J connectivity index is 2.73. The van der Waals surface area contributed by atoms with Gasteiger partial charge in [-0.25, -0.2) is 0 Å². The highest BCUT2D eigenvalue weighted by molar-refractivity contribution is 4.96. The molecule has 0 spiro atoms. The molecule has 5 heteroatoms. The number of hydrogen-bond acceptors (Lipinski definition) is 5. The molecule has 72 valence electrons. The topological polar surface area (TPSA) is 79.2 Å². The SMILES string of the molecule is CO[C@H]1O[C@H](CO)[C@H](O)C1(C)O. The zero-order chi connectivity index (χ0) is 9.35. The van der Waals surface area contributed by atoms with Crippen molar-refractivity contribution >= 4 is 0 Å². The van der Waals surface area contributed by atoms with Crippen LogP contribution in [0.5, 0.6) is 0 Å². The second-order valence-electron chi connectivity index (χ2n) is 3.10. The van der Waals surface area contributed by atoms with Gasteiger partial charge in [-0.3, -0.25) is 0 Å². The molecule has 0 aliphatic carbocycles. The summed E-state index contributed by atoms with van der Waals surface area (Å²) in [5, 5.41) is 27.7. The lowest BCUT2D eigenvalue weighted by atomic mass is 9.98. The van der Waals surface area contributed by atoms with E-state index in [2.05, 4.69) is 0 Å². The number of ether oxygens (including phenoxy) is 2. The smallest absolute Gasteiger partial charge is 0.188 e. The van der Waals surface area contributed by atoms with E-state index in [9.17, 15) is 10.2 Å². The summed E-state index contributed by atoms with van der Waals surface area (Å²) in [5.41, 5.74) is -1.46. The first-order chi connectivity index (χ1) is 5.54. The van der Waals surface area contributed by atoms with Crippen molar-refractivity contribution in [2.75, 3.05) is 13.7 Å². The van der Waals surface area contributed by atoms with Crippen LogP contribution in [0.1, 0.15) is 6.92 Å². The first-order valence-electron chi connectivity index (χ1n) is 3.73. The largest absolute Gasteiger partial charge is 0.394 e. The van der Waals surface area contributed by atoms with Crippen LogP contribution in [0.15, 0.2) is 0 Å². The molecule has 1 unspecified atom stereocenters. The summed E-state index contributed by atoms with van der Waals surface area (Å²) >= 11 is 0. The van der Waals surface area contributed by atoms with Crippen LogP contribution in [0.25, 0.3) is 0 Å². The zero-order valence-corrected chi connectivity index (χ0v) is 7.10. The quantitative estimate of drug-likeness (QED) is 0.477. The van der Waals surface area contributed by atoms with Crippen molar-refractivity contribution in [3.63, 3.8) is 0 Å². The average Bonchev–Trinajstić information content (AvgIpc) is 2.25. The van der Waals surface area contributed by atoms with Crippen molar-refractivity contribution in [2.45, 2.75) is 31.0 Å². The van der Waals surface area contributed by atoms with E-state index in [1.54, 1.807) is 0 Å². The fourth-order valence-corrected chi connectivity index (χ4v) is 1.32. The van der Waals surface area contributed by atoms with Crippen molar-refractivity contribution in [2.24, 2.45) is 0 Å². The summed E-state index contributed by atoms with van der Waals surface area (Å²) in [5.74, 6) is 0. The van der Waals surface area contributed by atoms with Gasteiger partial charge in [0.05, 0.1) is 6.61 Å². The molecular weight excluding hydrogens is 164 g/mol. The van der Waals surface area contributed by atoms with Crippen LogP contribution >= 0.6 is 0 Å². The molecule has 1 aliphatic rings. The maximum absolute atomic E-state index is 9.61. The normalized spacial score (nSPS) is 48.2. The monoisotopic (exact) mass is 178 g/mol. The number of rotatable bonds is 2. The molecule has 0 bridgehead atoms. The van der Waals surface area contributed by atoms with E-state index in [0.717, 1.165) is 0 Å². The van der Waals surface area contributed by atoms with Gasteiger partial charge in [0.25, 0.3) is 0 Å². The number of hydrogen-bond donors (Lipinski definition) is 3. The summed E-state index contributed by atoms with van der Waals surface area (Å²) in [7, 11) is 1.37. The van der Waals surface area contributed by atoms with Crippen molar-refractivity contribution in [1.29, 1.82) is 0 Å². The van der Waals surface area contributed by atoms with Gasteiger partial charge >= 0.3 is 0 Å². The van der Waals surface area contributed by atoms with Crippen LogP contribution < -0.4 is 0 Å². The Kier molecular flexibility index (Phi) is 2.70. The molecule has 4 atom stereocenters. The second-order valence-corrected chi connectivity index (χ2v) is 3.10. The Morgan fingerprint density at radius 3 is 2.42 bits per heavy atom. The van der Waals surface area contributed by atoms with E-state index >= 15 is 0 Å². The third-order valence-corrected chi connectivity index (χ3v) is 2.12. The van der Waals surface area contributed by atoms with Crippen LogP contribution in [-0.4, -0.2) is 53.1 Å². The fourth-order valence-electron chi connectivity index (χ4n) is 1.32. The lowest BCUT2D eigenvalue weighted by Gasteiger charge is -2.24. The van der Waals surface area contributed by atoms with Gasteiger partial charge in [-0.2, -0.15) is 0 Å². The van der Waals surface area contributed by atoms with Gasteiger partial charge in [-0.05, 0) is 6.92 Å². The number of aliphatic hydroxyl groups excluding tert-OH is 2. The van der Waals surface area contributed by atoms with Crippen LogP contribution in [0.2, 0.25) is 0 Å². The van der Waals surface area contributed by atoms with Gasteiger partial charge in [0.2, 0.25) is 0 Å². The van der Waals surface area contributed by atoms with Gasteiger partial charge in [-0.1, -0.05) is 0 Å². The van der Waals surface area contributed by atoms with E-state index < -0.39 is 24.1 Å². The van der Waals surface area contributed by atoms with E-state index in [1.165, 1.54) is 14.0 Å². The molecule has 1 saturated heterocycles. The number of aliphatic hydroxyl groups is 3. The van der Waals surface area contributed by atoms with Crippen molar-refractivity contribution in [3.8, 4) is 0 Å². The Bertz CT molecular complexity index is 154. The van der Waals surface area contributed by atoms with E-state index in [1.807, 2.05) is 0 Å². The predicted octanol–water partition coefficient (Wildman–Crippen LogP) is -1.54. The molecule has 0 amide bonds. The predicted molar refractivity (Wildman–Crippen MR) is 39.4 cm³/mol. The number of methoxy groups -OCH3 is 1. The molecule has 0 radical (unpaired) electrons. The molecule has 0 aromatic heterocycles. The Morgan fingerprint density at radius 1 is 1.58 bits per heavy atom. The molecule has 12 heavy (non-hydrogen) atoms. The summed E-state index contributed by atoms with van der Waals surface area (Å²) in [6.07, 6.45) is -2.78. The Labute approximate surface area is 70.5 Å². The third kappa shape index (κ3) is 1.34. The molecule has 0 saturated carbocycles. The fraction of sp³-hybridized carbons (Fsp3) is 1.00. The van der Waals surface area contributed by atoms with Crippen LogP contribution in [-0.2, 0) is 9.47 Å². The summed E-state index contributed by atoms with van der Waals surface area (Å²) < 4.78 is 9.80. The third-order valence-electron chi connectivity index (χ3n) is 2.12. The van der Waals surface area contributed by atoms with Gasteiger partial charge in [0, 0.05) is 7.11 Å². The Hall–Kier alpha value is -0.200. The molecule has 1 rings (SSSR count). The minimum atomic E-state index is -1.46. The van der Waals surface area contributed by atoms with Crippen molar-refractivity contribution < 1.29 is 24.8 Å². The molecule has 1 heterocycles. The van der Waals surface area contributed by atoms with Crippen LogP contribution in [0, 0.1) is 0 Å². The van der Waals surface area contributed by atoms with Gasteiger partial charge in [0.1, 0.15) is 17.8 Å². The minimum absolute atomic E-state index is 0.336. The van der Waals surface area contributed by atoms with Gasteiger partial charge in [-0.15, -0.1) is 0 Å². The minimum Gasteiger partial charge on any atom is -0.394 e. The maximum Gasteiger partial charge on any atom is 0.188 e. The maximum atomic E-state index is 9.61. The first-order valence-corrected chi connectivity index (χ1v) is 3.73. The van der Waals surface area contributed by atoms with Crippen molar-refractivity contribution in [3.05, 3.63) is 0 Å². The molecule has 0 aromatic carbocycles. The zero-order valence-electron chi connectivity index (χ0n) is 7.10. The molecule has 1 aliphatic heterocycles. The van der Waals surface area contributed by atoms with Crippen LogP contribution in [0.3, 0.4) is 0 Å². The highest BCUT2D eigenvalue weighted by Gasteiger charge is 2.52. The lowest BCUT2D eigenvalue weighted by molar-refractivity contribution is -0.186. The van der Waals surface area contributed by atoms with Gasteiger partial charge in [0.15, 0.2) is 6.29 Å². The van der Waals surface area contributed by atoms with Crippen LogP contribution in [0.4, 0.5) is 0 Å². The molecule has 0 aromatic rings. The second kappa shape index (κ2) is 3.27. The first kappa shape index (κ1) is 9.88.